The minimum atomic E-state index is -2.39. The lowest BCUT2D eigenvalue weighted by molar-refractivity contribution is 0.142. The summed E-state index contributed by atoms with van der Waals surface area (Å²) in [4.78, 5) is 14.4. The molecule has 1 fully saturated rings. The molecule has 0 unspecified atom stereocenters. The molecule has 0 bridgehead atoms. The van der Waals surface area contributed by atoms with E-state index in [-0.39, 0.29) is 5.60 Å². The maximum atomic E-state index is 12.9. The molecule has 0 radical (unpaired) electrons. The molecule has 0 saturated carbocycles. The van der Waals surface area contributed by atoms with Crippen LogP contribution in [-0.2, 0) is 18.3 Å². The third kappa shape index (κ3) is 9.98. The SMILES string of the molecule is C=C[C@]1(C)O[C@H]1CC/C(C)=C/CC/C(C)=C/C[C@@]1(C)C=C(OC(=O)N(C)C)C(O[Si](C(C)C)(C(C)C)C(C)C)=C1O[Si](C)(C)C. The zero-order valence-electron chi connectivity index (χ0n) is 31.3. The highest BCUT2D eigenvalue weighted by molar-refractivity contribution is 6.78. The number of carbonyl (C=O) groups excluding carboxylic acids is 1. The number of allylic oxidation sites excluding steroid dienone is 5. The first kappa shape index (κ1) is 39.1. The van der Waals surface area contributed by atoms with Gasteiger partial charge in [0.1, 0.15) is 11.4 Å². The Morgan fingerprint density at radius 3 is 2.00 bits per heavy atom. The molecule has 1 aliphatic carbocycles. The van der Waals surface area contributed by atoms with Gasteiger partial charge in [-0.05, 0) is 102 Å². The second-order valence-electron chi connectivity index (χ2n) is 15.9. The molecule has 1 heterocycles. The summed E-state index contributed by atoms with van der Waals surface area (Å²) in [5.41, 5.74) is 3.19. The number of rotatable bonds is 17. The summed E-state index contributed by atoms with van der Waals surface area (Å²) in [6.45, 7) is 32.8. The molecule has 0 aromatic heterocycles. The zero-order chi connectivity index (χ0) is 34.5. The van der Waals surface area contributed by atoms with E-state index in [2.05, 4.69) is 114 Å². The van der Waals surface area contributed by atoms with Gasteiger partial charge in [-0.25, -0.2) is 4.79 Å². The molecule has 2 rings (SSSR count). The van der Waals surface area contributed by atoms with Crippen LogP contribution in [0, 0.1) is 5.41 Å². The lowest BCUT2D eigenvalue weighted by Gasteiger charge is -2.43. The normalized spacial score (nSPS) is 24.4. The van der Waals surface area contributed by atoms with E-state index in [4.69, 9.17) is 18.3 Å². The zero-order valence-corrected chi connectivity index (χ0v) is 33.3. The molecular formula is C37H65NO5Si2. The van der Waals surface area contributed by atoms with Gasteiger partial charge >= 0.3 is 6.09 Å². The van der Waals surface area contributed by atoms with Gasteiger partial charge in [0.25, 0.3) is 8.32 Å². The molecule has 256 valence electrons. The van der Waals surface area contributed by atoms with Gasteiger partial charge < -0.3 is 23.2 Å². The van der Waals surface area contributed by atoms with E-state index in [0.717, 1.165) is 37.9 Å². The van der Waals surface area contributed by atoms with Crippen LogP contribution in [0.2, 0.25) is 36.3 Å². The first-order chi connectivity index (χ1) is 20.6. The topological polar surface area (TPSA) is 60.5 Å². The van der Waals surface area contributed by atoms with Crippen LogP contribution in [0.3, 0.4) is 0 Å². The van der Waals surface area contributed by atoms with Crippen molar-refractivity contribution in [1.82, 2.24) is 4.90 Å². The molecule has 45 heavy (non-hydrogen) atoms. The van der Waals surface area contributed by atoms with Crippen molar-refractivity contribution in [2.75, 3.05) is 14.1 Å². The van der Waals surface area contributed by atoms with Crippen molar-refractivity contribution in [2.45, 2.75) is 149 Å². The molecule has 0 spiro atoms. The summed E-state index contributed by atoms with van der Waals surface area (Å²) in [7, 11) is -1.04. The summed E-state index contributed by atoms with van der Waals surface area (Å²) in [5.74, 6) is 1.94. The lowest BCUT2D eigenvalue weighted by Crippen LogP contribution is -2.48. The largest absolute Gasteiger partial charge is 0.544 e. The van der Waals surface area contributed by atoms with Gasteiger partial charge in [0.2, 0.25) is 8.32 Å². The van der Waals surface area contributed by atoms with Crippen LogP contribution >= 0.6 is 0 Å². The van der Waals surface area contributed by atoms with Gasteiger partial charge in [0, 0.05) is 14.1 Å². The fourth-order valence-electron chi connectivity index (χ4n) is 6.59. The van der Waals surface area contributed by atoms with E-state index in [1.54, 1.807) is 14.1 Å². The minimum absolute atomic E-state index is 0.130. The number of ether oxygens (including phenoxy) is 2. The molecule has 0 aromatic carbocycles. The van der Waals surface area contributed by atoms with E-state index in [9.17, 15) is 4.79 Å². The first-order valence-corrected chi connectivity index (χ1v) is 22.5. The summed E-state index contributed by atoms with van der Waals surface area (Å²) in [6, 6.07) is 0. The number of epoxide rings is 1. The van der Waals surface area contributed by atoms with Crippen LogP contribution < -0.4 is 0 Å². The third-order valence-electron chi connectivity index (χ3n) is 9.45. The predicted octanol–water partition coefficient (Wildman–Crippen LogP) is 11.0. The van der Waals surface area contributed by atoms with Crippen LogP contribution in [-0.4, -0.2) is 53.4 Å². The predicted molar refractivity (Wildman–Crippen MR) is 194 cm³/mol. The minimum Gasteiger partial charge on any atom is -0.544 e. The lowest BCUT2D eigenvalue weighted by atomic mass is 9.86. The van der Waals surface area contributed by atoms with Crippen molar-refractivity contribution in [3.63, 3.8) is 0 Å². The summed E-state index contributed by atoms with van der Waals surface area (Å²) >= 11 is 0. The number of nitrogens with zero attached hydrogens (tertiary/aromatic N) is 1. The standard InChI is InChI=1S/C37H65NO5Si2/c1-17-37(11)32(41-37)22-21-29(8)19-18-20-30(9)23-24-36(10)25-31(40-35(39)38(12)13)33(34(36)43-44(14,15)16)42-45(26(2)3,27(4)5)28(6)7/h17,19,23,25-28,32H,1,18,20-22,24H2,2-16H3/b29-19+,30-23+/t32-,36-,37-/m0/s1. The number of hydrogen-bond donors (Lipinski definition) is 0. The third-order valence-corrected chi connectivity index (χ3v) is 16.2. The van der Waals surface area contributed by atoms with Crippen LogP contribution in [0.5, 0.6) is 0 Å². The average Bonchev–Trinajstić information content (AvgIpc) is 3.51. The smallest absolute Gasteiger partial charge is 0.414 e. The van der Waals surface area contributed by atoms with E-state index in [1.165, 1.54) is 16.0 Å². The van der Waals surface area contributed by atoms with E-state index in [1.807, 2.05) is 6.08 Å². The summed E-state index contributed by atoms with van der Waals surface area (Å²) in [5, 5.41) is 0. The quantitative estimate of drug-likeness (QED) is 0.0883. The van der Waals surface area contributed by atoms with Gasteiger partial charge in [0.15, 0.2) is 11.5 Å². The van der Waals surface area contributed by atoms with Crippen molar-refractivity contribution in [2.24, 2.45) is 5.41 Å². The van der Waals surface area contributed by atoms with Crippen molar-refractivity contribution >= 4 is 22.7 Å². The molecule has 8 heteroatoms. The molecule has 6 nitrogen and oxygen atoms in total. The van der Waals surface area contributed by atoms with Gasteiger partial charge in [-0.3, -0.25) is 0 Å². The van der Waals surface area contributed by atoms with Crippen LogP contribution in [0.25, 0.3) is 0 Å². The fourth-order valence-corrected chi connectivity index (χ4v) is 12.8. The van der Waals surface area contributed by atoms with Gasteiger partial charge in [-0.15, -0.1) is 6.58 Å². The number of hydrogen-bond acceptors (Lipinski definition) is 5. The fraction of sp³-hybridized carbons (Fsp3) is 0.703. The number of carbonyl (C=O) groups is 1. The molecule has 1 aliphatic heterocycles. The second-order valence-corrected chi connectivity index (χ2v) is 25.7. The van der Waals surface area contributed by atoms with Crippen LogP contribution in [0.4, 0.5) is 4.79 Å². The number of amides is 1. The molecule has 1 amide bonds. The van der Waals surface area contributed by atoms with Crippen molar-refractivity contribution < 1.29 is 23.1 Å². The van der Waals surface area contributed by atoms with Crippen molar-refractivity contribution in [1.29, 1.82) is 0 Å². The van der Waals surface area contributed by atoms with Gasteiger partial charge in [0.05, 0.1) is 11.5 Å². The average molecular weight is 660 g/mol. The van der Waals surface area contributed by atoms with E-state index >= 15 is 0 Å². The van der Waals surface area contributed by atoms with Crippen LogP contribution in [0.15, 0.2) is 59.3 Å². The monoisotopic (exact) mass is 659 g/mol. The Labute approximate surface area is 278 Å². The second kappa shape index (κ2) is 15.2. The molecule has 2 aliphatic rings. The van der Waals surface area contributed by atoms with E-state index in [0.29, 0.717) is 34.2 Å². The molecule has 0 aromatic rings. The van der Waals surface area contributed by atoms with Crippen LogP contribution in [0.1, 0.15) is 101 Å². The Morgan fingerprint density at radius 2 is 1.53 bits per heavy atom. The maximum absolute atomic E-state index is 12.9. The molecule has 0 N–H and O–H groups in total. The Morgan fingerprint density at radius 1 is 0.978 bits per heavy atom. The van der Waals surface area contributed by atoms with Crippen molar-refractivity contribution in [3.05, 3.63) is 59.3 Å². The van der Waals surface area contributed by atoms with Crippen molar-refractivity contribution in [3.8, 4) is 0 Å². The Hall–Kier alpha value is -2.04. The van der Waals surface area contributed by atoms with E-state index < -0.39 is 28.1 Å². The highest BCUT2D eigenvalue weighted by atomic mass is 28.4. The highest BCUT2D eigenvalue weighted by Gasteiger charge is 2.52. The Bertz CT molecular complexity index is 1170. The van der Waals surface area contributed by atoms with Gasteiger partial charge in [-0.2, -0.15) is 0 Å². The molecule has 1 saturated heterocycles. The Kier molecular flexibility index (Phi) is 13.3. The highest BCUT2D eigenvalue weighted by Crippen LogP contribution is 2.51. The maximum Gasteiger partial charge on any atom is 0.414 e. The Balaban J connectivity index is 2.40. The summed E-state index contributed by atoms with van der Waals surface area (Å²) in [6.07, 6.45) is 13.4. The summed E-state index contributed by atoms with van der Waals surface area (Å²) < 4.78 is 26.0. The molecule has 3 atom stereocenters. The first-order valence-electron chi connectivity index (χ1n) is 17.0. The van der Waals surface area contributed by atoms with Gasteiger partial charge in [-0.1, -0.05) is 70.9 Å². The molecular weight excluding hydrogens is 595 g/mol.